The minimum absolute atomic E-state index is 0.371. The SMILES string of the molecule is CC(=O)N1C(O)c2ccccc2C1C(=O)OC(C)(C)C. The van der Waals surface area contributed by atoms with Crippen LogP contribution in [0, 0.1) is 0 Å². The van der Waals surface area contributed by atoms with E-state index in [9.17, 15) is 14.7 Å². The molecule has 1 aromatic rings. The first-order valence-electron chi connectivity index (χ1n) is 6.51. The van der Waals surface area contributed by atoms with Crippen molar-refractivity contribution >= 4 is 11.9 Å². The molecule has 0 aliphatic carbocycles. The van der Waals surface area contributed by atoms with Crippen molar-refractivity contribution < 1.29 is 19.4 Å². The van der Waals surface area contributed by atoms with Crippen LogP contribution in [0.25, 0.3) is 0 Å². The third-order valence-electron chi connectivity index (χ3n) is 3.10. The summed E-state index contributed by atoms with van der Waals surface area (Å²) in [4.78, 5) is 25.3. The molecular weight excluding hydrogens is 258 g/mol. The standard InChI is InChI=1S/C15H19NO4/c1-9(17)16-12(14(19)20-15(2,3)4)10-7-5-6-8-11(10)13(16)18/h5-8,12-13,18H,1-4H3. The number of aliphatic hydroxyl groups excluding tert-OH is 1. The first kappa shape index (κ1) is 14.5. The second kappa shape index (κ2) is 4.90. The van der Waals surface area contributed by atoms with Gasteiger partial charge in [0.1, 0.15) is 5.60 Å². The molecule has 0 bridgehead atoms. The lowest BCUT2D eigenvalue weighted by Gasteiger charge is -2.28. The average molecular weight is 277 g/mol. The predicted molar refractivity (Wildman–Crippen MR) is 72.5 cm³/mol. The van der Waals surface area contributed by atoms with Crippen LogP contribution >= 0.6 is 0 Å². The minimum atomic E-state index is -1.11. The molecule has 5 nitrogen and oxygen atoms in total. The number of nitrogens with zero attached hydrogens (tertiary/aromatic N) is 1. The van der Waals surface area contributed by atoms with Gasteiger partial charge in [0.2, 0.25) is 5.91 Å². The molecule has 1 N–H and O–H groups in total. The van der Waals surface area contributed by atoms with E-state index in [0.29, 0.717) is 11.1 Å². The van der Waals surface area contributed by atoms with E-state index in [4.69, 9.17) is 4.74 Å². The third-order valence-corrected chi connectivity index (χ3v) is 3.10. The number of carbonyl (C=O) groups is 2. The number of hydrogen-bond donors (Lipinski definition) is 1. The van der Waals surface area contributed by atoms with Gasteiger partial charge in [0.15, 0.2) is 12.3 Å². The number of fused-ring (bicyclic) bond motifs is 1. The number of amides is 1. The van der Waals surface area contributed by atoms with Crippen molar-refractivity contribution in [2.45, 2.75) is 45.6 Å². The van der Waals surface area contributed by atoms with Gasteiger partial charge < -0.3 is 9.84 Å². The lowest BCUT2D eigenvalue weighted by molar-refractivity contribution is -0.170. The van der Waals surface area contributed by atoms with Crippen LogP contribution in [-0.4, -0.2) is 27.5 Å². The van der Waals surface area contributed by atoms with E-state index in [0.717, 1.165) is 4.90 Å². The average Bonchev–Trinajstić information content (AvgIpc) is 2.61. The van der Waals surface area contributed by atoms with Crippen LogP contribution in [0.1, 0.15) is 51.1 Å². The van der Waals surface area contributed by atoms with Crippen LogP contribution in [0.15, 0.2) is 24.3 Å². The van der Waals surface area contributed by atoms with Crippen molar-refractivity contribution in [2.75, 3.05) is 0 Å². The fourth-order valence-corrected chi connectivity index (χ4v) is 2.39. The Morgan fingerprint density at radius 3 is 2.25 bits per heavy atom. The largest absolute Gasteiger partial charge is 0.458 e. The summed E-state index contributed by atoms with van der Waals surface area (Å²) in [6.45, 7) is 6.62. The van der Waals surface area contributed by atoms with E-state index in [2.05, 4.69) is 0 Å². The van der Waals surface area contributed by atoms with Gasteiger partial charge in [-0.2, -0.15) is 0 Å². The molecule has 0 radical (unpaired) electrons. The summed E-state index contributed by atoms with van der Waals surface area (Å²) in [5, 5.41) is 10.2. The van der Waals surface area contributed by atoms with Crippen molar-refractivity contribution in [3.63, 3.8) is 0 Å². The molecule has 0 spiro atoms. The maximum atomic E-state index is 12.4. The van der Waals surface area contributed by atoms with E-state index in [-0.39, 0.29) is 5.91 Å². The molecule has 0 saturated heterocycles. The van der Waals surface area contributed by atoms with Crippen LogP contribution in [0.2, 0.25) is 0 Å². The molecule has 0 aromatic heterocycles. The minimum Gasteiger partial charge on any atom is -0.458 e. The summed E-state index contributed by atoms with van der Waals surface area (Å²) in [6, 6.07) is 6.08. The van der Waals surface area contributed by atoms with Crippen molar-refractivity contribution in [2.24, 2.45) is 0 Å². The topological polar surface area (TPSA) is 66.8 Å². The molecule has 2 rings (SSSR count). The van der Waals surface area contributed by atoms with Crippen LogP contribution in [0.4, 0.5) is 0 Å². The zero-order chi connectivity index (χ0) is 15.1. The van der Waals surface area contributed by atoms with E-state index >= 15 is 0 Å². The van der Waals surface area contributed by atoms with E-state index in [1.54, 1.807) is 45.0 Å². The maximum absolute atomic E-state index is 12.4. The van der Waals surface area contributed by atoms with Gasteiger partial charge in [0.05, 0.1) is 0 Å². The number of aliphatic hydroxyl groups is 1. The molecular formula is C15H19NO4. The zero-order valence-corrected chi connectivity index (χ0v) is 12.1. The molecule has 108 valence electrons. The van der Waals surface area contributed by atoms with Gasteiger partial charge in [-0.05, 0) is 26.3 Å². The summed E-state index contributed by atoms with van der Waals surface area (Å²) in [5.41, 5.74) is 0.533. The number of rotatable bonds is 1. The van der Waals surface area contributed by atoms with Gasteiger partial charge in [-0.25, -0.2) is 4.79 Å². The quantitative estimate of drug-likeness (QED) is 0.796. The smallest absolute Gasteiger partial charge is 0.334 e. The molecule has 1 aliphatic rings. The fourth-order valence-electron chi connectivity index (χ4n) is 2.39. The summed E-state index contributed by atoms with van der Waals surface area (Å²) in [6.07, 6.45) is -1.11. The molecule has 2 atom stereocenters. The molecule has 5 heteroatoms. The zero-order valence-electron chi connectivity index (χ0n) is 12.1. The van der Waals surface area contributed by atoms with Crippen molar-refractivity contribution in [3.8, 4) is 0 Å². The van der Waals surface area contributed by atoms with Crippen LogP contribution < -0.4 is 0 Å². The second-order valence-electron chi connectivity index (χ2n) is 5.86. The lowest BCUT2D eigenvalue weighted by Crippen LogP contribution is -2.38. The highest BCUT2D eigenvalue weighted by Gasteiger charge is 2.44. The highest BCUT2D eigenvalue weighted by molar-refractivity contribution is 5.87. The van der Waals surface area contributed by atoms with Crippen LogP contribution in [0.3, 0.4) is 0 Å². The number of esters is 1. The Balaban J connectivity index is 2.43. The molecule has 1 amide bonds. The van der Waals surface area contributed by atoms with Gasteiger partial charge >= 0.3 is 5.97 Å². The Morgan fingerprint density at radius 2 is 1.75 bits per heavy atom. The van der Waals surface area contributed by atoms with Gasteiger partial charge in [-0.1, -0.05) is 24.3 Å². The Bertz CT molecular complexity index is 547. The molecule has 0 saturated carbocycles. The molecule has 1 aromatic carbocycles. The van der Waals surface area contributed by atoms with Crippen molar-refractivity contribution in [1.82, 2.24) is 4.90 Å². The first-order chi connectivity index (χ1) is 9.22. The summed E-state index contributed by atoms with van der Waals surface area (Å²) >= 11 is 0. The van der Waals surface area contributed by atoms with Gasteiger partial charge in [0.25, 0.3) is 0 Å². The fraction of sp³-hybridized carbons (Fsp3) is 0.467. The predicted octanol–water partition coefficient (Wildman–Crippen LogP) is 1.92. The van der Waals surface area contributed by atoms with E-state index < -0.39 is 23.8 Å². The highest BCUT2D eigenvalue weighted by atomic mass is 16.6. The first-order valence-corrected chi connectivity index (χ1v) is 6.51. The highest BCUT2D eigenvalue weighted by Crippen LogP contribution is 2.41. The summed E-state index contributed by atoms with van der Waals surface area (Å²) < 4.78 is 5.36. The van der Waals surface area contributed by atoms with E-state index in [1.165, 1.54) is 6.92 Å². The number of hydrogen-bond acceptors (Lipinski definition) is 4. The Labute approximate surface area is 118 Å². The molecule has 0 fully saturated rings. The molecule has 1 heterocycles. The number of carbonyl (C=O) groups excluding carboxylic acids is 2. The Kier molecular flexibility index (Phi) is 3.56. The third kappa shape index (κ3) is 2.54. The van der Waals surface area contributed by atoms with Crippen molar-refractivity contribution in [1.29, 1.82) is 0 Å². The lowest BCUT2D eigenvalue weighted by atomic mass is 10.0. The monoisotopic (exact) mass is 277 g/mol. The number of ether oxygens (including phenoxy) is 1. The summed E-state index contributed by atoms with van der Waals surface area (Å²) in [5.74, 6) is -0.902. The van der Waals surface area contributed by atoms with Gasteiger partial charge in [0, 0.05) is 12.5 Å². The van der Waals surface area contributed by atoms with Gasteiger partial charge in [-0.3, -0.25) is 9.69 Å². The molecule has 20 heavy (non-hydrogen) atoms. The van der Waals surface area contributed by atoms with E-state index in [1.807, 2.05) is 0 Å². The molecule has 1 aliphatic heterocycles. The maximum Gasteiger partial charge on any atom is 0.334 e. The second-order valence-corrected chi connectivity index (χ2v) is 5.86. The van der Waals surface area contributed by atoms with Crippen LogP contribution in [-0.2, 0) is 14.3 Å². The van der Waals surface area contributed by atoms with Gasteiger partial charge in [-0.15, -0.1) is 0 Å². The Morgan fingerprint density at radius 1 is 1.20 bits per heavy atom. The Hall–Kier alpha value is -1.88. The van der Waals surface area contributed by atoms with Crippen LogP contribution in [0.5, 0.6) is 0 Å². The number of benzene rings is 1. The summed E-state index contributed by atoms with van der Waals surface area (Å²) in [7, 11) is 0. The van der Waals surface area contributed by atoms with Crippen molar-refractivity contribution in [3.05, 3.63) is 35.4 Å². The molecule has 2 unspecified atom stereocenters. The normalized spacial score (nSPS) is 21.6.